The molecule has 3 aromatic carbocycles. The summed E-state index contributed by atoms with van der Waals surface area (Å²) >= 11 is 6.24. The summed E-state index contributed by atoms with van der Waals surface area (Å²) in [5, 5.41) is 35.0. The Morgan fingerprint density at radius 2 is 1.69 bits per heavy atom. The summed E-state index contributed by atoms with van der Waals surface area (Å²) in [6.45, 7) is 11.1. The first-order chi connectivity index (χ1) is 29.6. The van der Waals surface area contributed by atoms with Crippen LogP contribution < -0.4 is 26.2 Å². The Kier molecular flexibility index (Phi) is 11.3. The molecule has 2 aliphatic heterocycles. The van der Waals surface area contributed by atoms with E-state index in [1.54, 1.807) is 58.1 Å². The number of nitriles is 1. The topological polar surface area (TPSA) is 222 Å². The summed E-state index contributed by atoms with van der Waals surface area (Å²) in [5.74, 6) is -0.706. The Hall–Kier alpha value is -6.71. The van der Waals surface area contributed by atoms with E-state index in [1.807, 2.05) is 18.3 Å². The second-order valence-electron chi connectivity index (χ2n) is 17.1. The number of piperidine rings is 1. The molecule has 3 N–H and O–H groups in total. The standard InChI is InChI=1S/C43H45ClN12O6/c1-42(2)40(43(3,4)41(42)62-30-11-7-26(21-45)32(44)20-30)48-37(59)25-5-9-29(10-6-25)55-24-28(49-51-55)23-53-15-17-54(18-16-53)36(58)22-46-27-8-12-33-31(19-27)39(61)56(52-50-33)34-13-14-35(57)47-38(34)60/h5-12,19-20,24,34,40-41,46H,13-18,22-23H2,1-4H3,(H,48,59)(H,47,57,60). The average molecular weight is 861 g/mol. The third-order valence-corrected chi connectivity index (χ3v) is 12.4. The maximum Gasteiger partial charge on any atom is 0.278 e. The molecule has 4 heterocycles. The van der Waals surface area contributed by atoms with Crippen LogP contribution in [0.4, 0.5) is 5.69 Å². The highest BCUT2D eigenvalue weighted by Gasteiger charge is 2.64. The molecule has 3 aliphatic rings. The van der Waals surface area contributed by atoms with Crippen molar-refractivity contribution in [2.24, 2.45) is 10.8 Å². The largest absolute Gasteiger partial charge is 0.489 e. The number of nitrogens with one attached hydrogen (secondary N) is 3. The Labute approximate surface area is 361 Å². The Morgan fingerprint density at radius 3 is 2.39 bits per heavy atom. The minimum absolute atomic E-state index is 0.0171. The van der Waals surface area contributed by atoms with Crippen LogP contribution in [0.3, 0.4) is 0 Å². The minimum atomic E-state index is -0.930. The van der Waals surface area contributed by atoms with Crippen molar-refractivity contribution in [1.29, 1.82) is 5.26 Å². The lowest BCUT2D eigenvalue weighted by Crippen LogP contribution is -2.74. The van der Waals surface area contributed by atoms with Crippen molar-refractivity contribution >= 4 is 51.8 Å². The van der Waals surface area contributed by atoms with Crippen LogP contribution in [0.15, 0.2) is 71.7 Å². The third-order valence-electron chi connectivity index (χ3n) is 12.1. The predicted molar refractivity (Wildman–Crippen MR) is 226 cm³/mol. The Morgan fingerprint density at radius 1 is 0.952 bits per heavy atom. The lowest BCUT2D eigenvalue weighted by Gasteiger charge is -2.63. The molecule has 1 atom stereocenters. The van der Waals surface area contributed by atoms with Gasteiger partial charge in [-0.25, -0.2) is 4.68 Å². The van der Waals surface area contributed by atoms with Gasteiger partial charge in [-0.05, 0) is 61.0 Å². The van der Waals surface area contributed by atoms with E-state index >= 15 is 0 Å². The molecule has 18 nitrogen and oxygen atoms in total. The van der Waals surface area contributed by atoms with E-state index < -0.39 is 34.2 Å². The summed E-state index contributed by atoms with van der Waals surface area (Å²) in [6, 6.07) is 18.1. The van der Waals surface area contributed by atoms with Crippen LogP contribution in [0, 0.1) is 22.2 Å². The van der Waals surface area contributed by atoms with Crippen LogP contribution in [0.25, 0.3) is 16.6 Å². The number of hydrogen-bond acceptors (Lipinski definition) is 13. The van der Waals surface area contributed by atoms with E-state index in [-0.39, 0.29) is 48.7 Å². The normalized spacial score (nSPS) is 20.8. The first-order valence-corrected chi connectivity index (χ1v) is 20.7. The van der Waals surface area contributed by atoms with E-state index in [1.165, 1.54) is 0 Å². The lowest BCUT2D eigenvalue weighted by molar-refractivity contribution is -0.164. The number of anilines is 1. The quantitative estimate of drug-likeness (QED) is 0.163. The number of halogens is 1. The highest BCUT2D eigenvalue weighted by atomic mass is 35.5. The zero-order valence-electron chi connectivity index (χ0n) is 34.6. The van der Waals surface area contributed by atoms with Crippen molar-refractivity contribution in [1.82, 2.24) is 50.4 Å². The van der Waals surface area contributed by atoms with Gasteiger partial charge in [-0.3, -0.25) is 34.2 Å². The highest BCUT2D eigenvalue weighted by Crippen LogP contribution is 2.55. The van der Waals surface area contributed by atoms with Crippen molar-refractivity contribution in [3.05, 3.63) is 99.1 Å². The molecule has 2 aromatic heterocycles. The number of benzene rings is 3. The van der Waals surface area contributed by atoms with Gasteiger partial charge >= 0.3 is 0 Å². The van der Waals surface area contributed by atoms with Crippen molar-refractivity contribution in [3.63, 3.8) is 0 Å². The van der Waals surface area contributed by atoms with Gasteiger partial charge in [0.2, 0.25) is 11.8 Å². The number of amides is 4. The number of rotatable bonds is 11. The monoisotopic (exact) mass is 860 g/mol. The van der Waals surface area contributed by atoms with Gasteiger partial charge in [0.05, 0.1) is 40.1 Å². The van der Waals surface area contributed by atoms with Gasteiger partial charge in [0.15, 0.2) is 0 Å². The molecule has 5 aromatic rings. The molecule has 320 valence electrons. The van der Waals surface area contributed by atoms with Gasteiger partial charge in [0.25, 0.3) is 17.4 Å². The maximum atomic E-state index is 13.5. The van der Waals surface area contributed by atoms with E-state index in [4.69, 9.17) is 16.3 Å². The van der Waals surface area contributed by atoms with Crippen LogP contribution in [-0.2, 0) is 20.9 Å². The van der Waals surface area contributed by atoms with Crippen LogP contribution in [0.1, 0.15) is 68.2 Å². The summed E-state index contributed by atoms with van der Waals surface area (Å²) in [5.41, 5.74) is 1.99. The van der Waals surface area contributed by atoms with E-state index in [0.29, 0.717) is 65.8 Å². The molecule has 2 saturated heterocycles. The molecule has 3 fully saturated rings. The number of carbonyl (C=O) groups excluding carboxylic acids is 4. The molecule has 1 saturated carbocycles. The molecule has 0 spiro atoms. The predicted octanol–water partition coefficient (Wildman–Crippen LogP) is 3.24. The van der Waals surface area contributed by atoms with Gasteiger partial charge in [-0.15, -0.1) is 10.2 Å². The van der Waals surface area contributed by atoms with Gasteiger partial charge < -0.3 is 20.3 Å². The summed E-state index contributed by atoms with van der Waals surface area (Å²) in [6.07, 6.45) is 1.89. The number of nitrogens with zero attached hydrogens (tertiary/aromatic N) is 9. The molecule has 0 radical (unpaired) electrons. The molecule has 1 aliphatic carbocycles. The second kappa shape index (κ2) is 16.6. The van der Waals surface area contributed by atoms with Crippen molar-refractivity contribution in [3.8, 4) is 17.5 Å². The van der Waals surface area contributed by atoms with Gasteiger partial charge in [-0.2, -0.15) is 9.94 Å². The molecule has 4 amide bonds. The van der Waals surface area contributed by atoms with Crippen LogP contribution >= 0.6 is 11.6 Å². The van der Waals surface area contributed by atoms with Crippen molar-refractivity contribution in [2.75, 3.05) is 38.0 Å². The zero-order chi connectivity index (χ0) is 43.9. The second-order valence-corrected chi connectivity index (χ2v) is 17.5. The van der Waals surface area contributed by atoms with Crippen LogP contribution in [-0.4, -0.2) is 108 Å². The summed E-state index contributed by atoms with van der Waals surface area (Å²) in [7, 11) is 0. The number of piperazine rings is 1. The number of aromatic nitrogens is 6. The van der Waals surface area contributed by atoms with Gasteiger partial charge in [0.1, 0.15) is 29.5 Å². The smallest absolute Gasteiger partial charge is 0.278 e. The maximum absolute atomic E-state index is 13.5. The molecule has 0 bridgehead atoms. The van der Waals surface area contributed by atoms with Crippen LogP contribution in [0.5, 0.6) is 5.75 Å². The fourth-order valence-electron chi connectivity index (χ4n) is 9.03. The first-order valence-electron chi connectivity index (χ1n) is 20.3. The Bertz CT molecular complexity index is 2670. The van der Waals surface area contributed by atoms with E-state index in [2.05, 4.69) is 75.2 Å². The molecular formula is C43H45ClN12O6. The fourth-order valence-corrected chi connectivity index (χ4v) is 9.24. The summed E-state index contributed by atoms with van der Waals surface area (Å²) in [4.78, 5) is 67.8. The van der Waals surface area contributed by atoms with Crippen molar-refractivity contribution in [2.45, 2.75) is 65.3 Å². The van der Waals surface area contributed by atoms with E-state index in [9.17, 15) is 29.2 Å². The molecular weight excluding hydrogens is 816 g/mol. The van der Waals surface area contributed by atoms with Gasteiger partial charge in [-0.1, -0.05) is 49.7 Å². The van der Waals surface area contributed by atoms with Crippen molar-refractivity contribution < 1.29 is 23.9 Å². The SMILES string of the molecule is CC1(C)C(NC(=O)c2ccc(-n3cc(CN4CCN(C(=O)CNc5ccc6nnn(C7CCC(=O)NC7=O)c(=O)c6c5)CC4)nn3)cc2)C(C)(C)C1Oc1ccc(C#N)c(Cl)c1. The summed E-state index contributed by atoms with van der Waals surface area (Å²) < 4.78 is 9.03. The number of ether oxygens (including phenoxy) is 1. The number of fused-ring (bicyclic) bond motifs is 1. The fraction of sp³-hybridized carbons (Fsp3) is 0.395. The van der Waals surface area contributed by atoms with E-state index in [0.717, 1.165) is 16.1 Å². The van der Waals surface area contributed by atoms with Gasteiger partial charge in [0, 0.05) is 73.3 Å². The van der Waals surface area contributed by atoms with Crippen LogP contribution in [0.2, 0.25) is 5.02 Å². The average Bonchev–Trinajstić information content (AvgIpc) is 3.73. The highest BCUT2D eigenvalue weighted by molar-refractivity contribution is 6.31. The third kappa shape index (κ3) is 8.20. The molecule has 8 rings (SSSR count). The Balaban J connectivity index is 0.804. The molecule has 19 heteroatoms. The lowest BCUT2D eigenvalue weighted by atomic mass is 9.49. The number of hydrogen-bond donors (Lipinski definition) is 3. The number of imide groups is 1. The zero-order valence-corrected chi connectivity index (χ0v) is 35.3. The minimum Gasteiger partial charge on any atom is -0.489 e. The number of carbonyl (C=O) groups is 4. The molecule has 1 unspecified atom stereocenters. The first kappa shape index (κ1) is 42.0. The molecule has 62 heavy (non-hydrogen) atoms.